The van der Waals surface area contributed by atoms with Gasteiger partial charge in [0, 0.05) is 43.4 Å². The molecule has 0 bridgehead atoms. The first-order valence-corrected chi connectivity index (χ1v) is 16.6. The molecule has 48 heavy (non-hydrogen) atoms. The molecule has 0 aliphatic heterocycles. The summed E-state index contributed by atoms with van der Waals surface area (Å²) < 4.78 is 90.3. The van der Waals surface area contributed by atoms with Gasteiger partial charge in [0.05, 0.1) is 27.6 Å². The monoisotopic (exact) mass is 732 g/mol. The van der Waals surface area contributed by atoms with Crippen molar-refractivity contribution in [3.05, 3.63) is 91.5 Å². The van der Waals surface area contributed by atoms with E-state index >= 15 is 13.2 Å². The smallest absolute Gasteiger partial charge is 0.268 e. The number of aromatic nitrogens is 4. The SMILES string of the molecule is CC(F)(P)c1cc(C(C)(F)P)c2nc3c4ccc5c(=O)n6c7cc(C(F)(F)F)cc(C(F)(P)P)c7nc6c6ccc(c(=O)n3c2c1)c4c56. The Bertz CT molecular complexity index is 2640. The Hall–Kier alpha value is -3.28. The van der Waals surface area contributed by atoms with Gasteiger partial charge in [-0.2, -0.15) is 13.2 Å². The maximum absolute atomic E-state index is 15.6. The second-order valence-electron chi connectivity index (χ2n) is 12.4. The third-order valence-electron chi connectivity index (χ3n) is 8.86. The number of nitrogens with zero attached hydrogens (tertiary/aromatic N) is 4. The van der Waals surface area contributed by atoms with Crippen molar-refractivity contribution >= 4 is 103 Å². The molecule has 6 atom stereocenters. The summed E-state index contributed by atoms with van der Waals surface area (Å²) in [7, 11) is 7.80. The Morgan fingerprint density at radius 2 is 1.00 bits per heavy atom. The van der Waals surface area contributed by atoms with Gasteiger partial charge in [0.2, 0.25) is 0 Å². The predicted molar refractivity (Wildman–Crippen MR) is 190 cm³/mol. The van der Waals surface area contributed by atoms with Crippen molar-refractivity contribution in [3.63, 3.8) is 0 Å². The lowest BCUT2D eigenvalue weighted by atomic mass is 9.96. The highest BCUT2D eigenvalue weighted by Crippen LogP contribution is 2.47. The van der Waals surface area contributed by atoms with Crippen LogP contribution >= 0.6 is 37.0 Å². The third kappa shape index (κ3) is 4.35. The van der Waals surface area contributed by atoms with E-state index in [1.54, 1.807) is 6.07 Å². The van der Waals surface area contributed by atoms with E-state index in [2.05, 4.69) is 23.5 Å². The molecule has 0 radical (unpaired) electrons. The maximum atomic E-state index is 15.6. The standard InChI is InChI=1S/C32H22F6N4O2P4/c1-29(33,45)11-7-17(30(2,34)46)23-19(9-11)41-25(39-23)13-3-5-16-22-14(4-6-15(21(13)22)27(41)43)26-40-24-18(32(38,47)48)8-12(31(35,36)37)10-20(24)42(26)28(16)44/h3-10H,45-48H2,1-2H3. The molecule has 0 saturated heterocycles. The van der Waals surface area contributed by atoms with Crippen LogP contribution in [0.15, 0.2) is 58.1 Å². The molecule has 0 aliphatic rings. The molecule has 4 heterocycles. The lowest BCUT2D eigenvalue weighted by Crippen LogP contribution is -2.17. The second-order valence-corrected chi connectivity index (χ2v) is 16.9. The molecule has 0 N–H and O–H groups in total. The van der Waals surface area contributed by atoms with E-state index in [-0.39, 0.29) is 55.3 Å². The lowest BCUT2D eigenvalue weighted by molar-refractivity contribution is -0.137. The number of benzene rings is 4. The first-order chi connectivity index (χ1) is 22.2. The molecule has 6 unspecified atom stereocenters. The Kier molecular flexibility index (Phi) is 6.45. The summed E-state index contributed by atoms with van der Waals surface area (Å²) in [5.41, 5.74) is -2.60. The van der Waals surface area contributed by atoms with Gasteiger partial charge in [0.15, 0.2) is 5.15 Å². The fourth-order valence-corrected chi connectivity index (χ4v) is 7.53. The molecule has 244 valence electrons. The zero-order valence-electron chi connectivity index (χ0n) is 24.8. The van der Waals surface area contributed by atoms with Gasteiger partial charge in [-0.1, -0.05) is 37.0 Å². The third-order valence-corrected chi connectivity index (χ3v) is 10.1. The number of rotatable bonds is 3. The molecule has 4 aromatic carbocycles. The van der Waals surface area contributed by atoms with Crippen molar-refractivity contribution in [1.82, 2.24) is 18.8 Å². The molecular formula is C32H22F6N4O2P4. The second kappa shape index (κ2) is 9.69. The first kappa shape index (κ1) is 32.0. The van der Waals surface area contributed by atoms with Crippen molar-refractivity contribution in [1.29, 1.82) is 0 Å². The summed E-state index contributed by atoms with van der Waals surface area (Å²) in [6.45, 7) is 2.56. The van der Waals surface area contributed by atoms with Crippen LogP contribution in [0.3, 0.4) is 0 Å². The highest BCUT2D eigenvalue weighted by molar-refractivity contribution is 7.38. The number of halogens is 6. The molecular weight excluding hydrogens is 710 g/mol. The summed E-state index contributed by atoms with van der Waals surface area (Å²) in [5, 5.41) is -4.75. The van der Waals surface area contributed by atoms with E-state index in [1.807, 2.05) is 18.5 Å². The Balaban J connectivity index is 1.58. The first-order valence-electron chi connectivity index (χ1n) is 14.3. The van der Waals surface area contributed by atoms with Crippen molar-refractivity contribution in [3.8, 4) is 0 Å². The van der Waals surface area contributed by atoms with Crippen LogP contribution in [0.25, 0.3) is 65.7 Å². The quantitative estimate of drug-likeness (QED) is 0.104. The van der Waals surface area contributed by atoms with E-state index in [0.29, 0.717) is 27.6 Å². The maximum Gasteiger partial charge on any atom is 0.416 e. The van der Waals surface area contributed by atoms with Crippen LogP contribution in [-0.2, 0) is 22.1 Å². The van der Waals surface area contributed by atoms with Gasteiger partial charge in [-0.05, 0) is 67.9 Å². The molecule has 0 spiro atoms. The van der Waals surface area contributed by atoms with Gasteiger partial charge in [0.1, 0.15) is 22.1 Å². The van der Waals surface area contributed by atoms with Crippen LogP contribution in [0.2, 0.25) is 0 Å². The zero-order valence-corrected chi connectivity index (χ0v) is 29.4. The van der Waals surface area contributed by atoms with Gasteiger partial charge in [-0.3, -0.25) is 18.4 Å². The van der Waals surface area contributed by atoms with Gasteiger partial charge in [0.25, 0.3) is 11.1 Å². The van der Waals surface area contributed by atoms with E-state index in [1.165, 1.54) is 48.6 Å². The minimum atomic E-state index is -4.84. The van der Waals surface area contributed by atoms with Crippen LogP contribution in [0.4, 0.5) is 26.3 Å². The van der Waals surface area contributed by atoms with E-state index in [4.69, 9.17) is 4.98 Å². The van der Waals surface area contributed by atoms with Crippen molar-refractivity contribution < 1.29 is 26.3 Å². The number of hydrogen-bond acceptors (Lipinski definition) is 4. The van der Waals surface area contributed by atoms with Crippen LogP contribution in [-0.4, -0.2) is 18.8 Å². The van der Waals surface area contributed by atoms with E-state index < -0.39 is 44.4 Å². The Labute approximate surface area is 274 Å². The van der Waals surface area contributed by atoms with E-state index in [0.717, 1.165) is 10.5 Å². The number of alkyl halides is 6. The van der Waals surface area contributed by atoms with E-state index in [9.17, 15) is 22.8 Å². The van der Waals surface area contributed by atoms with Crippen molar-refractivity contribution in [2.45, 2.75) is 36.0 Å². The van der Waals surface area contributed by atoms with Crippen molar-refractivity contribution in [2.75, 3.05) is 0 Å². The molecule has 0 saturated carbocycles. The largest absolute Gasteiger partial charge is 0.416 e. The number of fused-ring (bicyclic) bond motifs is 8. The molecule has 0 amide bonds. The van der Waals surface area contributed by atoms with Gasteiger partial charge in [-0.15, -0.1) is 0 Å². The topological polar surface area (TPSA) is 68.7 Å². The highest BCUT2D eigenvalue weighted by Gasteiger charge is 2.36. The number of hydrogen-bond donors (Lipinski definition) is 0. The average molecular weight is 732 g/mol. The minimum Gasteiger partial charge on any atom is -0.268 e. The fraction of sp³-hybridized carbons (Fsp3) is 0.188. The van der Waals surface area contributed by atoms with Crippen LogP contribution in [0, 0.1) is 0 Å². The molecule has 4 aromatic heterocycles. The van der Waals surface area contributed by atoms with Gasteiger partial charge < -0.3 is 0 Å². The van der Waals surface area contributed by atoms with Gasteiger partial charge in [-0.25, -0.2) is 23.1 Å². The van der Waals surface area contributed by atoms with Crippen LogP contribution in [0.5, 0.6) is 0 Å². The summed E-state index contributed by atoms with van der Waals surface area (Å²) in [6, 6.07) is 10.3. The molecule has 16 heteroatoms. The zero-order chi connectivity index (χ0) is 34.6. The highest BCUT2D eigenvalue weighted by atomic mass is 31.1. The number of imidazole rings is 2. The Morgan fingerprint density at radius 3 is 1.42 bits per heavy atom. The van der Waals surface area contributed by atoms with Crippen molar-refractivity contribution in [2.24, 2.45) is 0 Å². The fourth-order valence-electron chi connectivity index (χ4n) is 6.70. The lowest BCUT2D eigenvalue weighted by Gasteiger charge is -2.20. The average Bonchev–Trinajstić information content (AvgIpc) is 3.55. The molecule has 6 nitrogen and oxygen atoms in total. The minimum absolute atomic E-state index is 0.0247. The van der Waals surface area contributed by atoms with Crippen LogP contribution in [0.1, 0.15) is 36.1 Å². The normalized spacial score (nSPS) is 16.0. The summed E-state index contributed by atoms with van der Waals surface area (Å²) in [6.07, 6.45) is -4.84. The van der Waals surface area contributed by atoms with Gasteiger partial charge >= 0.3 is 6.18 Å². The number of pyridine rings is 2. The molecule has 0 fully saturated rings. The predicted octanol–water partition coefficient (Wildman–Crippen LogP) is 8.23. The summed E-state index contributed by atoms with van der Waals surface area (Å²) in [5.74, 6) is 0. The molecule has 8 rings (SSSR count). The summed E-state index contributed by atoms with van der Waals surface area (Å²) >= 11 is 0. The summed E-state index contributed by atoms with van der Waals surface area (Å²) in [4.78, 5) is 37.6. The Morgan fingerprint density at radius 1 is 0.583 bits per heavy atom. The van der Waals surface area contributed by atoms with Crippen LogP contribution < -0.4 is 11.1 Å². The molecule has 8 aromatic rings. The molecule has 0 aliphatic carbocycles.